The lowest BCUT2D eigenvalue weighted by molar-refractivity contribution is -0.144. The molecule has 2 aromatic carbocycles. The van der Waals surface area contributed by atoms with E-state index in [1.165, 1.54) is 9.80 Å². The number of ether oxygens (including phenoxy) is 1. The SMILES string of the molecule is COc1ccc(C(=O)N2C=C(c3ccccc3)N(CC(=O)O)C(=O)[C@@H]2C(C)C)cc1. The van der Waals surface area contributed by atoms with Crippen molar-refractivity contribution in [1.29, 1.82) is 0 Å². The number of nitrogens with zero attached hydrogens (tertiary/aromatic N) is 2. The van der Waals surface area contributed by atoms with Gasteiger partial charge in [0.25, 0.3) is 11.8 Å². The minimum atomic E-state index is -1.12. The Labute approximate surface area is 175 Å². The summed E-state index contributed by atoms with van der Waals surface area (Å²) in [7, 11) is 1.54. The second-order valence-corrected chi connectivity index (χ2v) is 7.33. The summed E-state index contributed by atoms with van der Waals surface area (Å²) in [6.07, 6.45) is 1.58. The molecule has 1 N–H and O–H groups in total. The standard InChI is InChI=1S/C23H24N2O5/c1-15(2)21-23(29)24(14-20(26)27)19(16-7-5-4-6-8-16)13-25(21)22(28)17-9-11-18(30-3)12-10-17/h4-13,15,21H,14H2,1-3H3,(H,26,27)/t21-/m0/s1. The highest BCUT2D eigenvalue weighted by Gasteiger charge is 2.41. The van der Waals surface area contributed by atoms with Gasteiger partial charge < -0.3 is 14.7 Å². The number of hydrogen-bond acceptors (Lipinski definition) is 4. The van der Waals surface area contributed by atoms with E-state index in [1.807, 2.05) is 19.9 Å². The zero-order valence-electron chi connectivity index (χ0n) is 17.1. The van der Waals surface area contributed by atoms with Crippen molar-refractivity contribution in [2.24, 2.45) is 5.92 Å². The Morgan fingerprint density at radius 1 is 1.07 bits per heavy atom. The van der Waals surface area contributed by atoms with Crippen LogP contribution in [0, 0.1) is 5.92 Å². The van der Waals surface area contributed by atoms with E-state index in [2.05, 4.69) is 0 Å². The Kier molecular flexibility index (Phi) is 6.20. The minimum absolute atomic E-state index is 0.218. The Bertz CT molecular complexity index is 967. The summed E-state index contributed by atoms with van der Waals surface area (Å²) >= 11 is 0. The van der Waals surface area contributed by atoms with Crippen LogP contribution >= 0.6 is 0 Å². The molecule has 0 saturated carbocycles. The fraction of sp³-hybridized carbons (Fsp3) is 0.261. The van der Waals surface area contributed by atoms with Gasteiger partial charge in [0.2, 0.25) is 0 Å². The monoisotopic (exact) mass is 408 g/mol. The molecule has 0 spiro atoms. The first-order valence-corrected chi connectivity index (χ1v) is 9.60. The topological polar surface area (TPSA) is 87.2 Å². The first-order chi connectivity index (χ1) is 14.3. The van der Waals surface area contributed by atoms with E-state index in [1.54, 1.807) is 61.8 Å². The van der Waals surface area contributed by atoms with E-state index in [0.29, 0.717) is 22.6 Å². The highest BCUT2D eigenvalue weighted by Crippen LogP contribution is 2.31. The number of carbonyl (C=O) groups is 3. The van der Waals surface area contributed by atoms with Crippen molar-refractivity contribution in [1.82, 2.24) is 9.80 Å². The van der Waals surface area contributed by atoms with Gasteiger partial charge in [-0.15, -0.1) is 0 Å². The molecule has 156 valence electrons. The van der Waals surface area contributed by atoms with Gasteiger partial charge in [-0.2, -0.15) is 0 Å². The van der Waals surface area contributed by atoms with E-state index >= 15 is 0 Å². The lowest BCUT2D eigenvalue weighted by atomic mass is 9.96. The molecule has 0 unspecified atom stereocenters. The van der Waals surface area contributed by atoms with Crippen LogP contribution in [0.4, 0.5) is 0 Å². The molecule has 2 amide bonds. The molecule has 1 aliphatic rings. The molecule has 1 aliphatic heterocycles. The van der Waals surface area contributed by atoms with Gasteiger partial charge in [0.15, 0.2) is 0 Å². The zero-order chi connectivity index (χ0) is 21.8. The van der Waals surface area contributed by atoms with Crippen LogP contribution in [-0.4, -0.2) is 52.4 Å². The van der Waals surface area contributed by atoms with Gasteiger partial charge >= 0.3 is 5.97 Å². The van der Waals surface area contributed by atoms with Gasteiger partial charge in [0.1, 0.15) is 18.3 Å². The van der Waals surface area contributed by atoms with Crippen molar-refractivity contribution in [2.45, 2.75) is 19.9 Å². The fourth-order valence-corrected chi connectivity index (χ4v) is 3.49. The van der Waals surface area contributed by atoms with Crippen molar-refractivity contribution in [3.05, 3.63) is 71.9 Å². The van der Waals surface area contributed by atoms with Gasteiger partial charge in [0, 0.05) is 11.8 Å². The summed E-state index contributed by atoms with van der Waals surface area (Å²) in [6, 6.07) is 14.8. The van der Waals surface area contributed by atoms with Crippen molar-refractivity contribution >= 4 is 23.5 Å². The van der Waals surface area contributed by atoms with Crippen LogP contribution in [0.1, 0.15) is 29.8 Å². The predicted octanol–water partition coefficient (Wildman–Crippen LogP) is 3.09. The molecule has 1 heterocycles. The largest absolute Gasteiger partial charge is 0.497 e. The van der Waals surface area contributed by atoms with Gasteiger partial charge in [-0.1, -0.05) is 44.2 Å². The van der Waals surface area contributed by atoms with E-state index in [-0.39, 0.29) is 11.8 Å². The van der Waals surface area contributed by atoms with E-state index in [4.69, 9.17) is 4.74 Å². The molecule has 7 heteroatoms. The number of hydrogen-bond donors (Lipinski definition) is 1. The number of carboxylic acids is 1. The zero-order valence-corrected chi connectivity index (χ0v) is 17.1. The molecule has 0 bridgehead atoms. The number of methoxy groups -OCH3 is 1. The summed E-state index contributed by atoms with van der Waals surface area (Å²) in [6.45, 7) is 3.18. The second kappa shape index (κ2) is 8.82. The number of benzene rings is 2. The average Bonchev–Trinajstić information content (AvgIpc) is 2.74. The maximum Gasteiger partial charge on any atom is 0.323 e. The summed E-state index contributed by atoms with van der Waals surface area (Å²) in [5, 5.41) is 9.36. The lowest BCUT2D eigenvalue weighted by Gasteiger charge is -2.40. The maximum atomic E-state index is 13.3. The van der Waals surface area contributed by atoms with Gasteiger partial charge in [0.05, 0.1) is 12.8 Å². The Morgan fingerprint density at radius 3 is 2.23 bits per heavy atom. The molecule has 3 rings (SSSR count). The third kappa shape index (κ3) is 4.20. The van der Waals surface area contributed by atoms with Crippen LogP contribution in [-0.2, 0) is 9.59 Å². The lowest BCUT2D eigenvalue weighted by Crippen LogP contribution is -2.55. The molecule has 30 heavy (non-hydrogen) atoms. The number of aliphatic carboxylic acids is 1. The highest BCUT2D eigenvalue weighted by atomic mass is 16.5. The summed E-state index contributed by atoms with van der Waals surface area (Å²) in [4.78, 5) is 40.8. The first kappa shape index (κ1) is 21.1. The van der Waals surface area contributed by atoms with Gasteiger partial charge in [-0.3, -0.25) is 19.3 Å². The third-order valence-corrected chi connectivity index (χ3v) is 4.94. The molecular weight excluding hydrogens is 384 g/mol. The Hall–Kier alpha value is -3.61. The maximum absolute atomic E-state index is 13.3. The quantitative estimate of drug-likeness (QED) is 0.794. The smallest absolute Gasteiger partial charge is 0.323 e. The molecular formula is C23H24N2O5. The van der Waals surface area contributed by atoms with Crippen molar-refractivity contribution in [3.63, 3.8) is 0 Å². The molecule has 0 saturated heterocycles. The van der Waals surface area contributed by atoms with Crippen molar-refractivity contribution in [3.8, 4) is 5.75 Å². The van der Waals surface area contributed by atoms with Crippen LogP contribution in [0.2, 0.25) is 0 Å². The van der Waals surface area contributed by atoms with Gasteiger partial charge in [-0.25, -0.2) is 0 Å². The number of amides is 2. The predicted molar refractivity (Wildman–Crippen MR) is 112 cm³/mol. The van der Waals surface area contributed by atoms with Crippen molar-refractivity contribution in [2.75, 3.05) is 13.7 Å². The Morgan fingerprint density at radius 2 is 1.70 bits per heavy atom. The van der Waals surface area contributed by atoms with Crippen LogP contribution in [0.15, 0.2) is 60.8 Å². The highest BCUT2D eigenvalue weighted by molar-refractivity contribution is 6.03. The van der Waals surface area contributed by atoms with E-state index in [0.717, 1.165) is 0 Å². The summed E-state index contributed by atoms with van der Waals surface area (Å²) < 4.78 is 5.14. The van der Waals surface area contributed by atoms with Gasteiger partial charge in [-0.05, 0) is 35.7 Å². The number of carbonyl (C=O) groups excluding carboxylic acids is 2. The average molecular weight is 408 g/mol. The second-order valence-electron chi connectivity index (χ2n) is 7.33. The van der Waals surface area contributed by atoms with E-state index < -0.39 is 24.5 Å². The van der Waals surface area contributed by atoms with Crippen molar-refractivity contribution < 1.29 is 24.2 Å². The van der Waals surface area contributed by atoms with Crippen LogP contribution in [0.25, 0.3) is 5.70 Å². The molecule has 7 nitrogen and oxygen atoms in total. The minimum Gasteiger partial charge on any atom is -0.497 e. The first-order valence-electron chi connectivity index (χ1n) is 9.60. The third-order valence-electron chi connectivity index (χ3n) is 4.94. The number of carboxylic acid groups (broad SMARTS) is 1. The van der Waals surface area contributed by atoms with Crippen LogP contribution < -0.4 is 4.74 Å². The molecule has 0 radical (unpaired) electrons. The van der Waals surface area contributed by atoms with Crippen LogP contribution in [0.5, 0.6) is 5.75 Å². The van der Waals surface area contributed by atoms with E-state index in [9.17, 15) is 19.5 Å². The molecule has 1 atom stereocenters. The molecule has 2 aromatic rings. The Balaban J connectivity index is 2.11. The number of rotatable bonds is 6. The summed E-state index contributed by atoms with van der Waals surface area (Å²) in [5.74, 6) is -1.48. The summed E-state index contributed by atoms with van der Waals surface area (Å²) in [5.41, 5.74) is 1.44. The molecule has 0 aliphatic carbocycles. The molecule has 0 fully saturated rings. The normalized spacial score (nSPS) is 16.5. The molecule has 0 aromatic heterocycles. The fourth-order valence-electron chi connectivity index (χ4n) is 3.49. The van der Waals surface area contributed by atoms with Crippen LogP contribution in [0.3, 0.4) is 0 Å².